The molecule has 1 aliphatic heterocycles. The number of nitrogens with one attached hydrogen (secondary N) is 2. The van der Waals surface area contributed by atoms with Crippen molar-refractivity contribution in [2.45, 2.75) is 12.3 Å². The Balaban J connectivity index is 1.89. The molecule has 6 heteroatoms. The molecule has 1 aromatic carbocycles. The number of aromatic nitrogens is 1. The average Bonchev–Trinajstić information content (AvgIpc) is 2.57. The van der Waals surface area contributed by atoms with E-state index in [0.29, 0.717) is 10.6 Å². The number of rotatable bonds is 3. The van der Waals surface area contributed by atoms with E-state index in [9.17, 15) is 4.79 Å². The van der Waals surface area contributed by atoms with E-state index in [4.69, 9.17) is 23.2 Å². The normalized spacial score (nSPS) is 16.7. The second kappa shape index (κ2) is 7.02. The monoisotopic (exact) mass is 347 g/mol. The lowest BCUT2D eigenvalue weighted by Gasteiger charge is -2.21. The molecule has 0 saturated heterocycles. The highest BCUT2D eigenvalue weighted by Gasteiger charge is 2.17. The van der Waals surface area contributed by atoms with Gasteiger partial charge >= 0.3 is 0 Å². The molecule has 2 heterocycles. The Morgan fingerprint density at radius 2 is 2.13 bits per heavy atom. The molecule has 1 atom stereocenters. The molecule has 0 bridgehead atoms. The number of carbonyl (C=O) groups is 1. The van der Waals surface area contributed by atoms with Crippen LogP contribution in [0, 0.1) is 0 Å². The molecule has 3 rings (SSSR count). The van der Waals surface area contributed by atoms with Gasteiger partial charge in [0.2, 0.25) is 0 Å². The van der Waals surface area contributed by atoms with Gasteiger partial charge in [-0.1, -0.05) is 29.3 Å². The van der Waals surface area contributed by atoms with Gasteiger partial charge in [0.1, 0.15) is 5.15 Å². The zero-order chi connectivity index (χ0) is 16.2. The third kappa shape index (κ3) is 3.84. The summed E-state index contributed by atoms with van der Waals surface area (Å²) in [6.07, 6.45) is 6.47. The number of hydrogen-bond acceptors (Lipinski definition) is 3. The van der Waals surface area contributed by atoms with E-state index in [1.54, 1.807) is 12.1 Å². The van der Waals surface area contributed by atoms with Crippen LogP contribution < -0.4 is 10.6 Å². The van der Waals surface area contributed by atoms with Crippen LogP contribution in [-0.4, -0.2) is 17.4 Å². The maximum Gasteiger partial charge on any atom is 0.255 e. The first-order valence-electron chi connectivity index (χ1n) is 7.26. The SMILES string of the molecule is O=C(Nc1ccc(Cl)cc1C1C=CNCC1)c1ccnc(Cl)c1. The maximum absolute atomic E-state index is 12.4. The van der Waals surface area contributed by atoms with Gasteiger partial charge in [-0.15, -0.1) is 0 Å². The number of allylic oxidation sites excluding steroid dienone is 1. The van der Waals surface area contributed by atoms with Crippen molar-refractivity contribution in [2.75, 3.05) is 11.9 Å². The van der Waals surface area contributed by atoms with Gasteiger partial charge in [0.05, 0.1) is 0 Å². The minimum absolute atomic E-state index is 0.214. The lowest BCUT2D eigenvalue weighted by atomic mass is 9.92. The Labute approximate surface area is 144 Å². The molecule has 23 heavy (non-hydrogen) atoms. The summed E-state index contributed by atoms with van der Waals surface area (Å²) in [6.45, 7) is 0.890. The fourth-order valence-corrected chi connectivity index (χ4v) is 2.91. The summed E-state index contributed by atoms with van der Waals surface area (Å²) in [6, 6.07) is 8.66. The summed E-state index contributed by atoms with van der Waals surface area (Å²) in [5.74, 6) is -0.0120. The Bertz CT molecular complexity index is 761. The number of hydrogen-bond donors (Lipinski definition) is 2. The zero-order valence-electron chi connectivity index (χ0n) is 12.2. The van der Waals surface area contributed by atoms with Crippen molar-refractivity contribution in [3.05, 3.63) is 70.1 Å². The Morgan fingerprint density at radius 1 is 1.26 bits per heavy atom. The number of amides is 1. The standard InChI is InChI=1S/C17H15Cl2N3O/c18-13-1-2-15(14(10-13)11-3-6-20-7-4-11)22-17(23)12-5-8-21-16(19)9-12/h1-3,5-6,8-11,20H,4,7H2,(H,22,23). The summed E-state index contributed by atoms with van der Waals surface area (Å²) in [5, 5.41) is 7.05. The van der Waals surface area contributed by atoms with Crippen LogP contribution in [0.1, 0.15) is 28.3 Å². The minimum Gasteiger partial charge on any atom is -0.391 e. The van der Waals surface area contributed by atoms with E-state index < -0.39 is 0 Å². The van der Waals surface area contributed by atoms with E-state index >= 15 is 0 Å². The molecule has 0 radical (unpaired) electrons. The van der Waals surface area contributed by atoms with E-state index in [-0.39, 0.29) is 17.0 Å². The number of pyridine rings is 1. The van der Waals surface area contributed by atoms with Crippen LogP contribution in [0.4, 0.5) is 5.69 Å². The highest BCUT2D eigenvalue weighted by Crippen LogP contribution is 2.32. The van der Waals surface area contributed by atoms with Crippen LogP contribution in [0.15, 0.2) is 48.8 Å². The van der Waals surface area contributed by atoms with Crippen molar-refractivity contribution >= 4 is 34.8 Å². The number of benzene rings is 1. The molecule has 0 saturated carbocycles. The number of halogens is 2. The topological polar surface area (TPSA) is 54.0 Å². The predicted molar refractivity (Wildman–Crippen MR) is 93.2 cm³/mol. The lowest BCUT2D eigenvalue weighted by Crippen LogP contribution is -2.18. The average molecular weight is 348 g/mol. The second-order valence-corrected chi connectivity index (χ2v) is 6.09. The fourth-order valence-electron chi connectivity index (χ4n) is 2.55. The molecule has 0 spiro atoms. The van der Waals surface area contributed by atoms with Gasteiger partial charge in [0.15, 0.2) is 0 Å². The molecule has 1 aromatic heterocycles. The van der Waals surface area contributed by atoms with Crippen LogP contribution in [-0.2, 0) is 0 Å². The van der Waals surface area contributed by atoms with Crippen molar-refractivity contribution in [2.24, 2.45) is 0 Å². The summed E-state index contributed by atoms with van der Waals surface area (Å²) < 4.78 is 0. The predicted octanol–water partition coefficient (Wildman–Crippen LogP) is 4.23. The summed E-state index contributed by atoms with van der Waals surface area (Å²) in [4.78, 5) is 16.3. The Kier molecular flexibility index (Phi) is 4.84. The van der Waals surface area contributed by atoms with Gasteiger partial charge < -0.3 is 10.6 Å². The maximum atomic E-state index is 12.4. The molecule has 2 N–H and O–H groups in total. The summed E-state index contributed by atoms with van der Waals surface area (Å²) >= 11 is 12.0. The highest BCUT2D eigenvalue weighted by molar-refractivity contribution is 6.31. The smallest absolute Gasteiger partial charge is 0.255 e. The fraction of sp³-hybridized carbons (Fsp3) is 0.176. The van der Waals surface area contributed by atoms with E-state index in [1.165, 1.54) is 12.3 Å². The number of anilines is 1. The van der Waals surface area contributed by atoms with E-state index in [2.05, 4.69) is 21.7 Å². The van der Waals surface area contributed by atoms with Crippen molar-refractivity contribution in [1.29, 1.82) is 0 Å². The van der Waals surface area contributed by atoms with Crippen molar-refractivity contribution < 1.29 is 4.79 Å². The molecule has 1 unspecified atom stereocenters. The molecule has 0 aliphatic carbocycles. The first kappa shape index (κ1) is 15.8. The summed E-state index contributed by atoms with van der Waals surface area (Å²) in [5.41, 5.74) is 2.22. The largest absolute Gasteiger partial charge is 0.391 e. The van der Waals surface area contributed by atoms with Crippen LogP contribution in [0.5, 0.6) is 0 Å². The van der Waals surface area contributed by atoms with Crippen LogP contribution in [0.25, 0.3) is 0 Å². The quantitative estimate of drug-likeness (QED) is 0.816. The van der Waals surface area contributed by atoms with Crippen LogP contribution in [0.2, 0.25) is 10.2 Å². The molecule has 2 aromatic rings. The van der Waals surface area contributed by atoms with E-state index in [1.807, 2.05) is 18.3 Å². The third-order valence-electron chi connectivity index (χ3n) is 3.70. The molecule has 1 amide bonds. The third-order valence-corrected chi connectivity index (χ3v) is 4.14. The number of carbonyl (C=O) groups excluding carboxylic acids is 1. The Hall–Kier alpha value is -2.04. The minimum atomic E-state index is -0.226. The molecule has 118 valence electrons. The first-order valence-corrected chi connectivity index (χ1v) is 8.01. The van der Waals surface area contributed by atoms with Crippen molar-refractivity contribution in [3.63, 3.8) is 0 Å². The van der Waals surface area contributed by atoms with Crippen LogP contribution in [0.3, 0.4) is 0 Å². The second-order valence-electron chi connectivity index (χ2n) is 5.26. The van der Waals surface area contributed by atoms with Gasteiger partial charge in [0.25, 0.3) is 5.91 Å². The van der Waals surface area contributed by atoms with Gasteiger partial charge in [-0.2, -0.15) is 0 Å². The molecular formula is C17H15Cl2N3O. The van der Waals surface area contributed by atoms with Crippen molar-refractivity contribution in [1.82, 2.24) is 10.3 Å². The lowest BCUT2D eigenvalue weighted by molar-refractivity contribution is 0.102. The van der Waals surface area contributed by atoms with Gasteiger partial charge in [-0.25, -0.2) is 4.98 Å². The zero-order valence-corrected chi connectivity index (χ0v) is 13.7. The Morgan fingerprint density at radius 3 is 2.87 bits per heavy atom. The molecule has 1 aliphatic rings. The molecule has 0 fully saturated rings. The van der Waals surface area contributed by atoms with Crippen LogP contribution >= 0.6 is 23.2 Å². The highest BCUT2D eigenvalue weighted by atomic mass is 35.5. The number of nitrogens with zero attached hydrogens (tertiary/aromatic N) is 1. The first-order chi connectivity index (χ1) is 11.1. The van der Waals surface area contributed by atoms with Gasteiger partial charge in [-0.05, 0) is 48.5 Å². The van der Waals surface area contributed by atoms with E-state index in [0.717, 1.165) is 24.2 Å². The molecular weight excluding hydrogens is 333 g/mol. The molecule has 4 nitrogen and oxygen atoms in total. The van der Waals surface area contributed by atoms with Gasteiger partial charge in [0, 0.05) is 34.9 Å². The summed E-state index contributed by atoms with van der Waals surface area (Å²) in [7, 11) is 0. The van der Waals surface area contributed by atoms with Gasteiger partial charge in [-0.3, -0.25) is 4.79 Å². The van der Waals surface area contributed by atoms with Crippen molar-refractivity contribution in [3.8, 4) is 0 Å².